The smallest absolute Gasteiger partial charge is 0.339 e. The fourth-order valence-corrected chi connectivity index (χ4v) is 0.698. The van der Waals surface area contributed by atoms with E-state index in [2.05, 4.69) is 4.98 Å². The van der Waals surface area contributed by atoms with Crippen LogP contribution in [-0.4, -0.2) is 17.6 Å². The minimum Gasteiger partial charge on any atom is -0.462 e. The summed E-state index contributed by atoms with van der Waals surface area (Å²) < 4.78 is 4.75. The standard InChI is InChI=1S/C8H9NO2/c1-2-11-8(10)7-4-3-5-9-6-7/h3-6H,2H2,1H3/i3+1,4+1,5+1,6+1,7+1,8+1. The van der Waals surface area contributed by atoms with Crippen molar-refractivity contribution in [2.24, 2.45) is 0 Å². The summed E-state index contributed by atoms with van der Waals surface area (Å²) in [7, 11) is 0. The van der Waals surface area contributed by atoms with Crippen molar-refractivity contribution in [3.05, 3.63) is 30.1 Å². The third kappa shape index (κ3) is 2.04. The lowest BCUT2D eigenvalue weighted by molar-refractivity contribution is 0.0526. The fourth-order valence-electron chi connectivity index (χ4n) is 0.698. The first-order valence-corrected chi connectivity index (χ1v) is 3.41. The van der Waals surface area contributed by atoms with Crippen LogP contribution in [0.25, 0.3) is 0 Å². The summed E-state index contributed by atoms with van der Waals surface area (Å²) in [5, 5.41) is 0. The summed E-state index contributed by atoms with van der Waals surface area (Å²) in [4.78, 5) is 14.8. The van der Waals surface area contributed by atoms with Crippen LogP contribution in [0.3, 0.4) is 0 Å². The summed E-state index contributed by atoms with van der Waals surface area (Å²) in [6.45, 7) is 2.17. The first kappa shape index (κ1) is 7.72. The predicted octanol–water partition coefficient (Wildman–Crippen LogP) is 1.26. The molecule has 0 fully saturated rings. The van der Waals surface area contributed by atoms with Crippen LogP contribution in [0.4, 0.5) is 0 Å². The van der Waals surface area contributed by atoms with Crippen LogP contribution in [0.1, 0.15) is 17.3 Å². The van der Waals surface area contributed by atoms with Crippen molar-refractivity contribution < 1.29 is 9.53 Å². The molecule has 1 heterocycles. The van der Waals surface area contributed by atoms with E-state index < -0.39 is 0 Å². The summed E-state index contributed by atoms with van der Waals surface area (Å²) in [5.74, 6) is -0.319. The van der Waals surface area contributed by atoms with Crippen LogP contribution in [-0.2, 0) is 4.74 Å². The molecule has 0 saturated carbocycles. The number of ether oxygens (including phenoxy) is 1. The normalized spacial score (nSPS) is 9.18. The molecule has 11 heavy (non-hydrogen) atoms. The van der Waals surface area contributed by atoms with Crippen molar-refractivity contribution in [1.82, 2.24) is 4.98 Å². The number of carbonyl (C=O) groups excluding carboxylic acids is 1. The number of hydrogen-bond acceptors (Lipinski definition) is 3. The molecule has 0 atom stereocenters. The number of pyridine rings is 1. The summed E-state index contributed by atoms with van der Waals surface area (Å²) in [6, 6.07) is 3.37. The minimum atomic E-state index is -0.319. The molecule has 0 aliphatic rings. The maximum absolute atomic E-state index is 11.0. The topological polar surface area (TPSA) is 39.2 Å². The van der Waals surface area contributed by atoms with Crippen molar-refractivity contribution in [3.63, 3.8) is 0 Å². The van der Waals surface area contributed by atoms with Crippen LogP contribution in [0.15, 0.2) is 24.5 Å². The molecule has 0 amide bonds. The number of carbonyl (C=O) groups is 1. The Morgan fingerprint density at radius 3 is 3.09 bits per heavy atom. The maximum atomic E-state index is 11.0. The van der Waals surface area contributed by atoms with Crippen molar-refractivity contribution in [2.45, 2.75) is 6.92 Å². The zero-order valence-corrected chi connectivity index (χ0v) is 6.28. The van der Waals surface area contributed by atoms with E-state index in [-0.39, 0.29) is 5.97 Å². The van der Waals surface area contributed by atoms with Crippen LogP contribution in [0.5, 0.6) is 0 Å². The van der Waals surface area contributed by atoms with Crippen LogP contribution < -0.4 is 0 Å². The van der Waals surface area contributed by atoms with Crippen molar-refractivity contribution in [1.29, 1.82) is 0 Å². The van der Waals surface area contributed by atoms with E-state index in [1.54, 1.807) is 25.3 Å². The van der Waals surface area contributed by atoms with Gasteiger partial charge in [-0.1, -0.05) is 0 Å². The molecule has 0 bridgehead atoms. The van der Waals surface area contributed by atoms with Gasteiger partial charge in [-0.2, -0.15) is 0 Å². The van der Waals surface area contributed by atoms with E-state index in [1.807, 2.05) is 0 Å². The Morgan fingerprint density at radius 1 is 1.73 bits per heavy atom. The summed E-state index contributed by atoms with van der Waals surface area (Å²) >= 11 is 0. The third-order valence-electron chi connectivity index (χ3n) is 1.17. The van der Waals surface area contributed by atoms with Crippen LogP contribution in [0, 0.1) is 0 Å². The van der Waals surface area contributed by atoms with Gasteiger partial charge in [0.25, 0.3) is 0 Å². The average molecular weight is 157 g/mol. The molecule has 0 aliphatic carbocycles. The van der Waals surface area contributed by atoms with Crippen molar-refractivity contribution in [3.8, 4) is 0 Å². The van der Waals surface area contributed by atoms with E-state index in [0.29, 0.717) is 12.2 Å². The van der Waals surface area contributed by atoms with Gasteiger partial charge in [0, 0.05) is 12.4 Å². The van der Waals surface area contributed by atoms with Gasteiger partial charge < -0.3 is 4.74 Å². The molecule has 1 aromatic heterocycles. The van der Waals surface area contributed by atoms with E-state index >= 15 is 0 Å². The lowest BCUT2D eigenvalue weighted by atomic mass is 10.9. The van der Waals surface area contributed by atoms with Gasteiger partial charge in [-0.15, -0.1) is 0 Å². The van der Waals surface area contributed by atoms with E-state index in [9.17, 15) is 4.79 Å². The second-order valence-electron chi connectivity index (χ2n) is 1.96. The van der Waals surface area contributed by atoms with Gasteiger partial charge in [0.1, 0.15) is 0 Å². The number of nitrogens with zero attached hydrogens (tertiary/aromatic N) is 1. The molecule has 3 heteroatoms. The molecule has 0 N–H and O–H groups in total. The number of aromatic nitrogens is 1. The van der Waals surface area contributed by atoms with Gasteiger partial charge in [-0.05, 0) is 19.1 Å². The third-order valence-corrected chi connectivity index (χ3v) is 1.17. The van der Waals surface area contributed by atoms with Gasteiger partial charge in [-0.3, -0.25) is 4.98 Å². The molecule has 58 valence electrons. The zero-order valence-electron chi connectivity index (χ0n) is 6.28. The highest BCUT2D eigenvalue weighted by Gasteiger charge is 2.03. The van der Waals surface area contributed by atoms with Gasteiger partial charge in [0.05, 0.1) is 12.2 Å². The Hall–Kier alpha value is -1.38. The molecule has 3 nitrogen and oxygen atoms in total. The lowest BCUT2D eigenvalue weighted by Gasteiger charge is -1.98. The highest BCUT2D eigenvalue weighted by atomic mass is 16.6. The van der Waals surface area contributed by atoms with Gasteiger partial charge in [-0.25, -0.2) is 4.79 Å². The Balaban J connectivity index is 2.69. The monoisotopic (exact) mass is 157 g/mol. The second-order valence-corrected chi connectivity index (χ2v) is 1.96. The summed E-state index contributed by atoms with van der Waals surface area (Å²) in [6.07, 6.45) is 3.10. The largest absolute Gasteiger partial charge is 0.462 e. The Morgan fingerprint density at radius 2 is 2.55 bits per heavy atom. The number of hydrogen-bond donors (Lipinski definition) is 0. The van der Waals surface area contributed by atoms with E-state index in [1.165, 1.54) is 6.20 Å². The summed E-state index contributed by atoms with van der Waals surface area (Å²) in [5.41, 5.74) is 0.495. The van der Waals surface area contributed by atoms with Gasteiger partial charge >= 0.3 is 5.97 Å². The van der Waals surface area contributed by atoms with Gasteiger partial charge in [0.2, 0.25) is 0 Å². The Bertz CT molecular complexity index is 233. The van der Waals surface area contributed by atoms with Gasteiger partial charge in [0.15, 0.2) is 0 Å². The highest BCUT2D eigenvalue weighted by molar-refractivity contribution is 5.88. The van der Waals surface area contributed by atoms with Crippen LogP contribution in [0.2, 0.25) is 0 Å². The van der Waals surface area contributed by atoms with E-state index in [4.69, 9.17) is 4.74 Å². The molecule has 0 saturated heterocycles. The molecule has 0 aliphatic heterocycles. The number of esters is 1. The fraction of sp³-hybridized carbons (Fsp3) is 0.250. The maximum Gasteiger partial charge on any atom is 0.339 e. The molecule has 1 aromatic rings. The zero-order chi connectivity index (χ0) is 8.10. The first-order valence-electron chi connectivity index (χ1n) is 3.41. The first-order chi connectivity index (χ1) is 5.34. The minimum absolute atomic E-state index is 0.319. The molecule has 0 aromatic carbocycles. The van der Waals surface area contributed by atoms with E-state index in [0.717, 1.165) is 0 Å². The quantitative estimate of drug-likeness (QED) is 0.479. The Kier molecular flexibility index (Phi) is 2.60. The molecular weight excluding hydrogens is 148 g/mol. The molecule has 1 rings (SSSR count). The average Bonchev–Trinajstić information content (AvgIpc) is 2.07. The SMILES string of the molecule is CCO[13C](=O)[13c]1[13cH][13cH][13cH]n[13cH]1. The Labute approximate surface area is 65.0 Å². The molecule has 0 unspecified atom stereocenters. The predicted molar refractivity (Wildman–Crippen MR) is 40.2 cm³/mol. The number of rotatable bonds is 2. The van der Waals surface area contributed by atoms with Crippen LogP contribution >= 0.6 is 0 Å². The van der Waals surface area contributed by atoms with Crippen molar-refractivity contribution >= 4 is 5.97 Å². The molecule has 0 radical (unpaired) electrons. The second kappa shape index (κ2) is 3.71. The highest BCUT2D eigenvalue weighted by Crippen LogP contribution is 1.97. The lowest BCUT2D eigenvalue weighted by Crippen LogP contribution is -2.04. The molecular formula is C8H9NO2. The van der Waals surface area contributed by atoms with Crippen molar-refractivity contribution in [2.75, 3.05) is 6.61 Å². The molecule has 0 spiro atoms.